The molecule has 0 spiro atoms. The fourth-order valence-electron chi connectivity index (χ4n) is 3.02. The molecule has 106 valence electrons. The van der Waals surface area contributed by atoms with Crippen LogP contribution < -0.4 is 0 Å². The first-order valence-electron chi connectivity index (χ1n) is 7.15. The number of ketones is 1. The summed E-state index contributed by atoms with van der Waals surface area (Å²) < 4.78 is 13.4. The van der Waals surface area contributed by atoms with Gasteiger partial charge in [0.25, 0.3) is 0 Å². The van der Waals surface area contributed by atoms with Crippen LogP contribution in [-0.2, 0) is 12.8 Å². The number of fused-ring (bicyclic) bond motifs is 2. The van der Waals surface area contributed by atoms with Crippen molar-refractivity contribution in [1.29, 1.82) is 0 Å². The minimum atomic E-state index is -0.318. The molecule has 21 heavy (non-hydrogen) atoms. The smallest absolute Gasteiger partial charge is 0.205 e. The van der Waals surface area contributed by atoms with Crippen molar-refractivity contribution in [2.75, 3.05) is 0 Å². The van der Waals surface area contributed by atoms with Crippen molar-refractivity contribution in [2.24, 2.45) is 0 Å². The predicted octanol–water partition coefficient (Wildman–Crippen LogP) is 4.48. The molecule has 1 aliphatic carbocycles. The number of nitrogens with one attached hydrogen (secondary N) is 1. The highest BCUT2D eigenvalue weighted by Gasteiger charge is 2.20. The standard InChI is InChI=1S/C17H14FNOS/c18-11-5-6-14-12(8-11)13(9-19-14)17(20)16-7-10-3-1-2-4-15(10)21-16/h5-9,19H,1-4H2. The molecule has 0 saturated carbocycles. The predicted molar refractivity (Wildman–Crippen MR) is 82.7 cm³/mol. The maximum atomic E-state index is 13.4. The highest BCUT2D eigenvalue weighted by atomic mass is 32.1. The van der Waals surface area contributed by atoms with Crippen molar-refractivity contribution in [2.45, 2.75) is 25.7 Å². The molecule has 0 saturated heterocycles. The van der Waals surface area contributed by atoms with E-state index in [0.29, 0.717) is 10.9 Å². The van der Waals surface area contributed by atoms with E-state index in [2.05, 4.69) is 4.98 Å². The lowest BCUT2D eigenvalue weighted by molar-refractivity contribution is 0.104. The number of aromatic nitrogens is 1. The molecule has 0 atom stereocenters. The number of rotatable bonds is 2. The lowest BCUT2D eigenvalue weighted by atomic mass is 9.98. The Morgan fingerprint density at radius 1 is 1.19 bits per heavy atom. The second-order valence-electron chi connectivity index (χ2n) is 5.49. The average molecular weight is 299 g/mol. The number of halogens is 1. The number of hydrogen-bond acceptors (Lipinski definition) is 2. The monoisotopic (exact) mass is 299 g/mol. The first-order chi connectivity index (χ1) is 10.2. The molecule has 0 aliphatic heterocycles. The Hall–Kier alpha value is -1.94. The van der Waals surface area contributed by atoms with E-state index < -0.39 is 0 Å². The van der Waals surface area contributed by atoms with Gasteiger partial charge in [-0.25, -0.2) is 4.39 Å². The van der Waals surface area contributed by atoms with E-state index in [1.807, 2.05) is 6.07 Å². The van der Waals surface area contributed by atoms with Gasteiger partial charge in [0.1, 0.15) is 5.82 Å². The molecule has 0 bridgehead atoms. The maximum Gasteiger partial charge on any atom is 0.205 e. The Balaban J connectivity index is 1.79. The fourth-order valence-corrected chi connectivity index (χ4v) is 4.22. The van der Waals surface area contributed by atoms with Crippen LogP contribution in [0.5, 0.6) is 0 Å². The summed E-state index contributed by atoms with van der Waals surface area (Å²) in [4.78, 5) is 17.9. The number of carbonyl (C=O) groups excluding carboxylic acids is 1. The van der Waals surface area contributed by atoms with E-state index >= 15 is 0 Å². The average Bonchev–Trinajstić information content (AvgIpc) is 3.09. The molecule has 0 unspecified atom stereocenters. The summed E-state index contributed by atoms with van der Waals surface area (Å²) in [7, 11) is 0. The Morgan fingerprint density at radius 3 is 2.90 bits per heavy atom. The van der Waals surface area contributed by atoms with Gasteiger partial charge in [0.05, 0.1) is 4.88 Å². The van der Waals surface area contributed by atoms with E-state index in [1.54, 1.807) is 23.6 Å². The lowest BCUT2D eigenvalue weighted by Crippen LogP contribution is -1.98. The number of carbonyl (C=O) groups is 1. The topological polar surface area (TPSA) is 32.9 Å². The summed E-state index contributed by atoms with van der Waals surface area (Å²) >= 11 is 1.60. The van der Waals surface area contributed by atoms with E-state index in [4.69, 9.17) is 0 Å². The van der Waals surface area contributed by atoms with Gasteiger partial charge in [0, 0.05) is 27.5 Å². The van der Waals surface area contributed by atoms with Crippen LogP contribution in [0.1, 0.15) is 38.5 Å². The molecule has 1 aliphatic rings. The van der Waals surface area contributed by atoms with Crippen LogP contribution in [0.2, 0.25) is 0 Å². The zero-order valence-corrected chi connectivity index (χ0v) is 12.2. The van der Waals surface area contributed by atoms with Crippen molar-refractivity contribution in [3.05, 3.63) is 57.2 Å². The van der Waals surface area contributed by atoms with Gasteiger partial charge in [-0.2, -0.15) is 0 Å². The van der Waals surface area contributed by atoms with Crippen LogP contribution in [0.4, 0.5) is 4.39 Å². The van der Waals surface area contributed by atoms with Crippen molar-refractivity contribution >= 4 is 28.0 Å². The number of hydrogen-bond donors (Lipinski definition) is 1. The summed E-state index contributed by atoms with van der Waals surface area (Å²) in [6, 6.07) is 6.52. The van der Waals surface area contributed by atoms with Crippen molar-refractivity contribution in [1.82, 2.24) is 4.98 Å². The highest BCUT2D eigenvalue weighted by Crippen LogP contribution is 2.32. The Bertz CT molecular complexity index is 822. The van der Waals surface area contributed by atoms with Crippen molar-refractivity contribution in [3.63, 3.8) is 0 Å². The first-order valence-corrected chi connectivity index (χ1v) is 7.97. The van der Waals surface area contributed by atoms with Crippen LogP contribution >= 0.6 is 11.3 Å². The summed E-state index contributed by atoms with van der Waals surface area (Å²) in [5, 5.41) is 0.659. The first kappa shape index (κ1) is 12.8. The van der Waals surface area contributed by atoms with Crippen molar-refractivity contribution < 1.29 is 9.18 Å². The normalized spacial score (nSPS) is 14.3. The number of aromatic amines is 1. The van der Waals surface area contributed by atoms with Gasteiger partial charge in [-0.1, -0.05) is 0 Å². The molecule has 0 radical (unpaired) electrons. The third kappa shape index (κ3) is 2.10. The van der Waals surface area contributed by atoms with Gasteiger partial charge < -0.3 is 4.98 Å². The molecule has 2 nitrogen and oxygen atoms in total. The highest BCUT2D eigenvalue weighted by molar-refractivity contribution is 7.14. The molecule has 4 heteroatoms. The van der Waals surface area contributed by atoms with Gasteiger partial charge >= 0.3 is 0 Å². The minimum Gasteiger partial charge on any atom is -0.360 e. The third-order valence-electron chi connectivity index (χ3n) is 4.11. The number of H-pyrrole nitrogens is 1. The number of benzene rings is 1. The third-order valence-corrected chi connectivity index (χ3v) is 5.34. The summed E-state index contributed by atoms with van der Waals surface area (Å²) in [6.07, 6.45) is 6.25. The van der Waals surface area contributed by atoms with E-state index in [0.717, 1.165) is 23.2 Å². The minimum absolute atomic E-state index is 0.00810. The lowest BCUT2D eigenvalue weighted by Gasteiger charge is -2.08. The summed E-state index contributed by atoms with van der Waals surface area (Å²) in [6.45, 7) is 0. The Labute approximate surface area is 125 Å². The largest absolute Gasteiger partial charge is 0.360 e. The van der Waals surface area contributed by atoms with Crippen LogP contribution in [0, 0.1) is 5.82 Å². The molecule has 2 heterocycles. The van der Waals surface area contributed by atoms with Gasteiger partial charge in [0.15, 0.2) is 0 Å². The van der Waals surface area contributed by atoms with Crippen LogP contribution in [0.25, 0.3) is 10.9 Å². The second-order valence-corrected chi connectivity index (χ2v) is 6.62. The number of thiophene rings is 1. The van der Waals surface area contributed by atoms with E-state index in [9.17, 15) is 9.18 Å². The molecule has 0 fully saturated rings. The molecular formula is C17H14FNOS. The molecular weight excluding hydrogens is 285 g/mol. The van der Waals surface area contributed by atoms with Crippen LogP contribution in [-0.4, -0.2) is 10.8 Å². The quantitative estimate of drug-likeness (QED) is 0.695. The van der Waals surface area contributed by atoms with Crippen molar-refractivity contribution in [3.8, 4) is 0 Å². The Morgan fingerprint density at radius 2 is 2.05 bits per heavy atom. The van der Waals surface area contributed by atoms with Gasteiger partial charge in [-0.3, -0.25) is 4.79 Å². The molecule has 4 rings (SSSR count). The van der Waals surface area contributed by atoms with Crippen LogP contribution in [0.3, 0.4) is 0 Å². The second kappa shape index (κ2) is 4.81. The zero-order valence-electron chi connectivity index (χ0n) is 11.4. The summed E-state index contributed by atoms with van der Waals surface area (Å²) in [5.41, 5.74) is 2.67. The van der Waals surface area contributed by atoms with Crippen LogP contribution in [0.15, 0.2) is 30.5 Å². The number of aryl methyl sites for hydroxylation is 2. The van der Waals surface area contributed by atoms with Gasteiger partial charge in [-0.05, 0) is 55.5 Å². The molecule has 2 aromatic heterocycles. The molecule has 1 N–H and O–H groups in total. The SMILES string of the molecule is O=C(c1cc2c(s1)CCCC2)c1c[nH]c2ccc(F)cc12. The zero-order chi connectivity index (χ0) is 14.4. The molecule has 3 aromatic rings. The van der Waals surface area contributed by atoms with Gasteiger partial charge in [-0.15, -0.1) is 11.3 Å². The summed E-state index contributed by atoms with van der Waals surface area (Å²) in [5.74, 6) is -0.326. The van der Waals surface area contributed by atoms with E-state index in [1.165, 1.54) is 35.4 Å². The maximum absolute atomic E-state index is 13.4. The fraction of sp³-hybridized carbons (Fsp3) is 0.235. The van der Waals surface area contributed by atoms with E-state index in [-0.39, 0.29) is 11.6 Å². The van der Waals surface area contributed by atoms with Gasteiger partial charge in [0.2, 0.25) is 5.78 Å². The Kier molecular flexibility index (Phi) is 2.93. The molecule has 0 amide bonds. The molecule has 1 aromatic carbocycles.